The molecule has 3 heteroatoms. The molecule has 0 fully saturated rings. The van der Waals surface area contributed by atoms with Crippen molar-refractivity contribution in [3.8, 4) is 0 Å². The number of hydrogen-bond acceptors (Lipinski definition) is 2. The van der Waals surface area contributed by atoms with Crippen LogP contribution in [0.25, 0.3) is 0 Å². The number of rotatable bonds is 9. The first-order chi connectivity index (χ1) is 13.0. The van der Waals surface area contributed by atoms with Gasteiger partial charge in [0.1, 0.15) is 5.75 Å². The second-order valence-corrected chi connectivity index (χ2v) is 8.70. The van der Waals surface area contributed by atoms with Crippen LogP contribution in [0.5, 0.6) is 0 Å². The summed E-state index contributed by atoms with van der Waals surface area (Å²) in [6.45, 7) is 12.8. The van der Waals surface area contributed by atoms with Gasteiger partial charge in [0.25, 0.3) is 0 Å². The molecule has 0 saturated carbocycles. The van der Waals surface area contributed by atoms with E-state index < -0.39 is 0 Å². The van der Waals surface area contributed by atoms with E-state index in [9.17, 15) is 4.79 Å². The Morgan fingerprint density at radius 3 is 1.89 bits per heavy atom. The fourth-order valence-electron chi connectivity index (χ4n) is 2.46. The van der Waals surface area contributed by atoms with Gasteiger partial charge in [-0.2, -0.15) is 0 Å². The lowest BCUT2D eigenvalue weighted by Gasteiger charge is -2.07. The van der Waals surface area contributed by atoms with Crippen molar-refractivity contribution in [3.63, 3.8) is 0 Å². The molecule has 0 heterocycles. The van der Waals surface area contributed by atoms with Crippen molar-refractivity contribution in [1.82, 2.24) is 0 Å². The van der Waals surface area contributed by atoms with Crippen molar-refractivity contribution in [2.24, 2.45) is 0 Å². The van der Waals surface area contributed by atoms with Crippen LogP contribution in [0.15, 0.2) is 29.7 Å². The molecule has 1 unspecified atom stereocenters. The standard InChI is InChI=1S/C9H13N.C8H14OS.C7H16/c1-7-5-4-6-8(2)9(7)10-3;1-3-5-7-10(4-2)8-6-9;1-3-5-7-6-4-2/h4-6,10H,1-3H3;4-7H,3,8H2,1-2H3;3-7H2,1-2H3/p+1/b;7-5-;. The largest absolute Gasteiger partial charge is 0.388 e. The molecule has 156 valence electrons. The fraction of sp³-hybridized carbons (Fsp3) is 0.583. The zero-order valence-corrected chi connectivity index (χ0v) is 19.7. The number of allylic oxidation sites excluding steroid dienone is 1. The van der Waals surface area contributed by atoms with Crippen molar-refractivity contribution in [1.29, 1.82) is 0 Å². The predicted octanol–water partition coefficient (Wildman–Crippen LogP) is 6.60. The van der Waals surface area contributed by atoms with E-state index in [1.165, 1.54) is 48.9 Å². The smallest absolute Gasteiger partial charge is 0.165 e. The zero-order chi connectivity index (χ0) is 20.9. The van der Waals surface area contributed by atoms with Gasteiger partial charge in [0, 0.05) is 12.7 Å². The SMILES string of the molecule is CC=[SH+](/C=C\CC)CC=O.CCCCCCC.CNc1c(C)cccc1C. The summed E-state index contributed by atoms with van der Waals surface area (Å²) in [5.74, 6) is 0.683. The molecule has 0 aromatic heterocycles. The number of unbranched alkanes of at least 4 members (excludes halogenated alkanes) is 4. The Hall–Kier alpha value is -1.35. The third kappa shape index (κ3) is 16.5. The third-order valence-corrected chi connectivity index (χ3v) is 5.92. The van der Waals surface area contributed by atoms with E-state index in [4.69, 9.17) is 0 Å². The second-order valence-electron chi connectivity index (χ2n) is 6.49. The van der Waals surface area contributed by atoms with Crippen molar-refractivity contribution in [2.75, 3.05) is 18.1 Å². The number of thiol groups is 1. The summed E-state index contributed by atoms with van der Waals surface area (Å²) in [5.41, 5.74) is 3.87. The van der Waals surface area contributed by atoms with Crippen LogP contribution in [0.2, 0.25) is 0 Å². The lowest BCUT2D eigenvalue weighted by Crippen LogP contribution is -1.95. The molecule has 2 nitrogen and oxygen atoms in total. The van der Waals surface area contributed by atoms with E-state index in [1.54, 1.807) is 0 Å². The molecule has 1 aromatic carbocycles. The molecule has 1 rings (SSSR count). The van der Waals surface area contributed by atoms with Crippen molar-refractivity contribution in [3.05, 3.63) is 40.8 Å². The van der Waals surface area contributed by atoms with Crippen LogP contribution in [0, 0.1) is 13.8 Å². The second kappa shape index (κ2) is 21.0. The highest BCUT2D eigenvalue weighted by molar-refractivity contribution is 7.98. The number of nitrogens with one attached hydrogen (secondary N) is 1. The Bertz CT molecular complexity index is 511. The van der Waals surface area contributed by atoms with Gasteiger partial charge in [0.2, 0.25) is 0 Å². The molecule has 0 aliphatic rings. The number of aryl methyl sites for hydroxylation is 2. The van der Waals surface area contributed by atoms with E-state index in [-0.39, 0.29) is 10.5 Å². The van der Waals surface area contributed by atoms with Crippen molar-refractivity contribution < 1.29 is 4.79 Å². The topological polar surface area (TPSA) is 29.1 Å². The summed E-state index contributed by atoms with van der Waals surface area (Å²) >= 11 is 0. The molecule has 0 spiro atoms. The molecular weight excluding hydrogens is 350 g/mol. The van der Waals surface area contributed by atoms with E-state index in [0.29, 0.717) is 5.75 Å². The first-order valence-electron chi connectivity index (χ1n) is 10.4. The Morgan fingerprint density at radius 1 is 1.00 bits per heavy atom. The summed E-state index contributed by atoms with van der Waals surface area (Å²) in [6.07, 6.45) is 11.2. The minimum atomic E-state index is -0.238. The average molecular weight is 395 g/mol. The first kappa shape index (κ1) is 27.9. The highest BCUT2D eigenvalue weighted by Crippen LogP contribution is 2.17. The Labute approximate surface area is 171 Å². The van der Waals surface area contributed by atoms with E-state index in [0.717, 1.165) is 12.7 Å². The van der Waals surface area contributed by atoms with Gasteiger partial charge in [0.15, 0.2) is 6.29 Å². The predicted molar refractivity (Wildman–Crippen MR) is 131 cm³/mol. The van der Waals surface area contributed by atoms with Gasteiger partial charge < -0.3 is 5.32 Å². The minimum Gasteiger partial charge on any atom is -0.388 e. The number of carbonyl (C=O) groups excluding carboxylic acids is 1. The number of para-hydroxylation sites is 1. The van der Waals surface area contributed by atoms with Crippen LogP contribution in [-0.2, 0) is 15.3 Å². The molecule has 0 bridgehead atoms. The van der Waals surface area contributed by atoms with E-state index in [1.807, 2.05) is 14.0 Å². The van der Waals surface area contributed by atoms with Gasteiger partial charge >= 0.3 is 0 Å². The highest BCUT2D eigenvalue weighted by atomic mass is 32.2. The molecule has 0 amide bonds. The Balaban J connectivity index is 0. The zero-order valence-electron chi connectivity index (χ0n) is 18.8. The highest BCUT2D eigenvalue weighted by Gasteiger charge is 1.96. The number of hydrogen-bond donors (Lipinski definition) is 1. The van der Waals surface area contributed by atoms with E-state index in [2.05, 4.69) is 75.0 Å². The molecule has 0 radical (unpaired) electrons. The molecular formula is C24H44NOS+. The van der Waals surface area contributed by atoms with Crippen LogP contribution in [0.4, 0.5) is 5.69 Å². The molecule has 1 atom stereocenters. The molecule has 27 heavy (non-hydrogen) atoms. The van der Waals surface area contributed by atoms with Crippen molar-refractivity contribution in [2.45, 2.75) is 80.1 Å². The Morgan fingerprint density at radius 2 is 1.56 bits per heavy atom. The maximum atomic E-state index is 10.1. The van der Waals surface area contributed by atoms with Gasteiger partial charge in [-0.25, -0.2) is 0 Å². The minimum absolute atomic E-state index is 0.238. The van der Waals surface area contributed by atoms with Gasteiger partial charge in [-0.05, 0) is 44.4 Å². The van der Waals surface area contributed by atoms with Crippen LogP contribution < -0.4 is 5.32 Å². The van der Waals surface area contributed by atoms with Crippen LogP contribution >= 0.6 is 0 Å². The van der Waals surface area contributed by atoms with Gasteiger partial charge in [-0.15, -0.1) is 10.5 Å². The summed E-state index contributed by atoms with van der Waals surface area (Å²) in [7, 11) is 1.72. The van der Waals surface area contributed by atoms with Gasteiger partial charge in [0.05, 0.1) is 10.8 Å². The maximum Gasteiger partial charge on any atom is 0.165 e. The molecule has 1 N–H and O–H groups in total. The number of carbonyl (C=O) groups is 1. The van der Waals surface area contributed by atoms with E-state index >= 15 is 0 Å². The number of aldehydes is 1. The summed E-state index contributed by atoms with van der Waals surface area (Å²) < 4.78 is 0. The fourth-order valence-corrected chi connectivity index (χ4v) is 3.62. The lowest BCUT2D eigenvalue weighted by molar-refractivity contribution is -0.105. The number of benzene rings is 1. The molecule has 0 aliphatic carbocycles. The van der Waals surface area contributed by atoms with Crippen LogP contribution in [0.3, 0.4) is 0 Å². The molecule has 0 aliphatic heterocycles. The normalized spacial score (nSPS) is 11.2. The van der Waals surface area contributed by atoms with Crippen LogP contribution in [-0.4, -0.2) is 24.5 Å². The van der Waals surface area contributed by atoms with Crippen molar-refractivity contribution >= 4 is 27.8 Å². The summed E-state index contributed by atoms with van der Waals surface area (Å²) in [6, 6.07) is 6.29. The third-order valence-electron chi connectivity index (χ3n) is 4.09. The lowest BCUT2D eigenvalue weighted by atomic mass is 10.1. The maximum absolute atomic E-state index is 10.1. The van der Waals surface area contributed by atoms with Gasteiger partial charge in [-0.3, -0.25) is 4.79 Å². The molecule has 0 saturated heterocycles. The summed E-state index contributed by atoms with van der Waals surface area (Å²) in [5, 5.41) is 7.41. The average Bonchev–Trinajstić information content (AvgIpc) is 2.67. The monoisotopic (exact) mass is 394 g/mol. The quantitative estimate of drug-likeness (QED) is 0.168. The number of anilines is 1. The summed E-state index contributed by atoms with van der Waals surface area (Å²) in [4.78, 5) is 10.1. The van der Waals surface area contributed by atoms with Crippen LogP contribution in [0.1, 0.15) is 77.3 Å². The van der Waals surface area contributed by atoms with Gasteiger partial charge in [-0.1, -0.05) is 71.1 Å². The Kier molecular flexibility index (Phi) is 21.6. The first-order valence-corrected chi connectivity index (χ1v) is 12.1. The molecule has 1 aromatic rings.